The predicted molar refractivity (Wildman–Crippen MR) is 14.5 cm³/mol. The van der Waals surface area contributed by atoms with Gasteiger partial charge in [0.15, 0.2) is 0 Å². The quantitative estimate of drug-likeness (QED) is 0.356. The molecule has 48 valence electrons. The van der Waals surface area contributed by atoms with E-state index < -0.39 is 29.1 Å². The van der Waals surface area contributed by atoms with Crippen LogP contribution in [0.4, 0.5) is 0 Å². The summed E-state index contributed by atoms with van der Waals surface area (Å²) in [6.07, 6.45) is 0. The third-order valence-electron chi connectivity index (χ3n) is 0. The average molecular weight is 178 g/mol. The molecule has 3 N–H and O–H groups in total. The van der Waals surface area contributed by atoms with Crippen LogP contribution in [0.1, 0.15) is 0 Å². The van der Waals surface area contributed by atoms with Gasteiger partial charge in [0, 0.05) is 0 Å². The van der Waals surface area contributed by atoms with Gasteiger partial charge in [-0.25, -0.2) is 0 Å². The predicted octanol–water partition coefficient (Wildman–Crippen LogP) is -2.41. The summed E-state index contributed by atoms with van der Waals surface area (Å²) in [7, 11) is 0. The molecule has 0 heterocycles. The van der Waals surface area contributed by atoms with Crippen molar-refractivity contribution in [3.63, 3.8) is 0 Å². The van der Waals surface area contributed by atoms with Crippen LogP contribution in [0.5, 0.6) is 0 Å². The van der Waals surface area contributed by atoms with Gasteiger partial charge in [-0.2, -0.15) is 0 Å². The fourth-order valence-corrected chi connectivity index (χ4v) is 0. The molecule has 0 saturated heterocycles. The van der Waals surface area contributed by atoms with E-state index in [0.29, 0.717) is 0 Å². The van der Waals surface area contributed by atoms with Crippen LogP contribution in [0.3, 0.4) is 0 Å². The van der Waals surface area contributed by atoms with Gasteiger partial charge in [-0.1, -0.05) is 0 Å². The van der Waals surface area contributed by atoms with E-state index in [-0.39, 0.29) is 0 Å². The number of hydrogen-bond donors (Lipinski definition) is 3. The summed E-state index contributed by atoms with van der Waals surface area (Å²) in [5.74, 6) is 0. The maximum atomic E-state index is 8.82. The summed E-state index contributed by atoms with van der Waals surface area (Å²) in [5.41, 5.74) is 0. The number of hydrogen-bond acceptors (Lipinski definition) is 3. The molecule has 0 aromatic rings. The van der Waals surface area contributed by atoms with Crippen LogP contribution in [-0.2, 0) is 25.0 Å². The van der Waals surface area contributed by atoms with Gasteiger partial charge in [0.2, 0.25) is 0 Å². The van der Waals surface area contributed by atoms with Crippen molar-refractivity contribution in [1.82, 2.24) is 0 Å². The third kappa shape index (κ3) is 4860. The molecule has 0 atom stereocenters. The standard InChI is InChI=1S/Al.Cr.3H2O.3O/h;;3*1H2;;;/q+1;+2;;;;;;/p-3. The van der Waals surface area contributed by atoms with E-state index in [2.05, 4.69) is 0 Å². The van der Waals surface area contributed by atoms with Crippen LogP contribution in [0.2, 0.25) is 0 Å². The zero-order valence-corrected chi connectivity index (χ0v) is 5.98. The normalized spacial score (nSPS) is 8.25. The van der Waals surface area contributed by atoms with Crippen LogP contribution in [0.25, 0.3) is 0 Å². The second kappa shape index (κ2) is 5.32. The maximum absolute atomic E-state index is 8.82. The Morgan fingerprint density at radius 3 is 1.25 bits per heavy atom. The van der Waals surface area contributed by atoms with Gasteiger partial charge >= 0.3 is 53.0 Å². The van der Waals surface area contributed by atoms with Crippen molar-refractivity contribution in [2.45, 2.75) is 0 Å². The van der Waals surface area contributed by atoms with E-state index in [9.17, 15) is 0 Å². The van der Waals surface area contributed by atoms with Crippen LogP contribution in [0.15, 0.2) is 0 Å². The Kier molecular flexibility index (Phi) is 7.35. The Balaban J connectivity index is 0. The van der Waals surface area contributed by atoms with E-state index in [0.717, 1.165) is 0 Å². The van der Waals surface area contributed by atoms with E-state index in [4.69, 9.17) is 23.9 Å². The molecule has 6 nitrogen and oxygen atoms in total. The summed E-state index contributed by atoms with van der Waals surface area (Å²) in [6, 6.07) is 0. The molecule has 0 fully saturated rings. The zero-order chi connectivity index (χ0) is 7.21. The van der Waals surface area contributed by atoms with Crippen molar-refractivity contribution in [3.05, 3.63) is 0 Å². The molecule has 0 spiro atoms. The molecule has 8 heavy (non-hydrogen) atoms. The molecule has 0 aliphatic carbocycles. The molecule has 0 aromatic carbocycles. The average Bonchev–Trinajstić information content (AvgIpc) is 1.27. The molecule has 0 radical (unpaired) electrons. The van der Waals surface area contributed by atoms with Gasteiger partial charge in [0.1, 0.15) is 0 Å². The molecule has 0 bridgehead atoms. The van der Waals surface area contributed by atoms with Gasteiger partial charge in [-0.05, 0) is 0 Å². The zero-order valence-electron chi connectivity index (χ0n) is 3.55. The van der Waals surface area contributed by atoms with Gasteiger partial charge in [0.25, 0.3) is 0 Å². The molecule has 0 unspecified atom stereocenters. The van der Waals surface area contributed by atoms with E-state index in [1.165, 1.54) is 0 Å². The fraction of sp³-hybridized carbons (Fsp3) is 0. The van der Waals surface area contributed by atoms with Gasteiger partial charge in [0.05, 0.1) is 0 Å². The van der Waals surface area contributed by atoms with Crippen molar-refractivity contribution in [2.24, 2.45) is 0 Å². The van der Waals surface area contributed by atoms with Gasteiger partial charge in [-0.15, -0.1) is 0 Å². The molecular weight excluding hydrogens is 175 g/mol. The topological polar surface area (TPSA) is 112 Å². The first kappa shape index (κ1) is 11.0. The molecular formula is H3AlCrO6. The first-order chi connectivity index (χ1) is 3.41. The Morgan fingerprint density at radius 1 is 1.25 bits per heavy atom. The second-order valence-corrected chi connectivity index (χ2v) is 2.16. The SMILES string of the molecule is [O]=[Al][OH].[O]=[Cr](=[O])([OH])[OH]. The fourth-order valence-electron chi connectivity index (χ4n) is 0. The molecule has 0 aromatic heterocycles. The summed E-state index contributed by atoms with van der Waals surface area (Å²) in [5, 5.41) is 0. The minimum atomic E-state index is -5.25. The monoisotopic (exact) mass is 178 g/mol. The number of rotatable bonds is 0. The van der Waals surface area contributed by atoms with Crippen LogP contribution < -0.4 is 0 Å². The second-order valence-electron chi connectivity index (χ2n) is 0.553. The van der Waals surface area contributed by atoms with E-state index >= 15 is 0 Å². The molecule has 0 rings (SSSR count). The van der Waals surface area contributed by atoms with Gasteiger partial charge < -0.3 is 0 Å². The Bertz CT molecular complexity index is 123. The summed E-state index contributed by atoms with van der Waals surface area (Å²) >= 11 is -6.75. The summed E-state index contributed by atoms with van der Waals surface area (Å²) in [6.45, 7) is 0. The first-order valence-electron chi connectivity index (χ1n) is 1.19. The summed E-state index contributed by atoms with van der Waals surface area (Å²) in [4.78, 5) is 0. The molecule has 8 heteroatoms. The van der Waals surface area contributed by atoms with E-state index in [1.54, 1.807) is 0 Å². The Hall–Kier alpha value is 0.185. The minimum absolute atomic E-state index is 1.50. The first-order valence-corrected chi connectivity index (χ1v) is 4.36. The van der Waals surface area contributed by atoms with Crippen molar-refractivity contribution in [2.75, 3.05) is 0 Å². The van der Waals surface area contributed by atoms with Crippen LogP contribution in [0, 0.1) is 0 Å². The van der Waals surface area contributed by atoms with Gasteiger partial charge in [-0.3, -0.25) is 0 Å². The van der Waals surface area contributed by atoms with Crippen molar-refractivity contribution in [1.29, 1.82) is 0 Å². The van der Waals surface area contributed by atoms with Crippen LogP contribution in [-0.4, -0.2) is 28.0 Å². The third-order valence-corrected chi connectivity index (χ3v) is 0. The van der Waals surface area contributed by atoms with Crippen molar-refractivity contribution < 1.29 is 37.5 Å². The summed E-state index contributed by atoms with van der Waals surface area (Å²) < 4.78 is 47.5. The Labute approximate surface area is 53.4 Å². The van der Waals surface area contributed by atoms with Crippen LogP contribution >= 0.6 is 0 Å². The molecule has 0 amide bonds. The molecule has 0 aliphatic heterocycles. The van der Waals surface area contributed by atoms with Crippen molar-refractivity contribution in [3.8, 4) is 0 Å². The molecule has 0 aliphatic rings. The Morgan fingerprint density at radius 2 is 1.25 bits per heavy atom. The van der Waals surface area contributed by atoms with Crippen molar-refractivity contribution >= 4 is 15.5 Å². The van der Waals surface area contributed by atoms with E-state index in [1.807, 2.05) is 0 Å². The molecule has 0 saturated carbocycles.